The summed E-state index contributed by atoms with van der Waals surface area (Å²) in [5, 5.41) is 0. The topological polar surface area (TPSA) is 12.9 Å². The minimum absolute atomic E-state index is 1.00. The molecule has 0 spiro atoms. The van der Waals surface area contributed by atoms with Gasteiger partial charge in [-0.05, 0) is 63.1 Å². The zero-order chi connectivity index (χ0) is 20.5. The maximum atomic E-state index is 4.98. The Morgan fingerprint density at radius 2 is 1.32 bits per heavy atom. The summed E-state index contributed by atoms with van der Waals surface area (Å²) in [5.41, 5.74) is 9.22. The molecule has 3 rings (SSSR count). The number of pyridine rings is 1. The maximum absolute atomic E-state index is 4.98. The molecule has 28 heavy (non-hydrogen) atoms. The van der Waals surface area contributed by atoms with E-state index < -0.39 is 0 Å². The van der Waals surface area contributed by atoms with E-state index in [-0.39, 0.29) is 0 Å². The summed E-state index contributed by atoms with van der Waals surface area (Å²) >= 11 is 0. The molecule has 0 radical (unpaired) electrons. The van der Waals surface area contributed by atoms with Gasteiger partial charge in [-0.3, -0.25) is 0 Å². The van der Waals surface area contributed by atoms with Crippen molar-refractivity contribution in [1.82, 2.24) is 4.98 Å². The van der Waals surface area contributed by atoms with E-state index in [2.05, 4.69) is 93.6 Å². The Hall–Kier alpha value is -2.93. The summed E-state index contributed by atoms with van der Waals surface area (Å²) in [5.74, 6) is 0. The molecule has 144 valence electrons. The van der Waals surface area contributed by atoms with Crippen molar-refractivity contribution < 1.29 is 0 Å². The zero-order valence-electron chi connectivity index (χ0n) is 18.0. The fraction of sp³-hybridized carbons (Fsp3) is 0.222. The van der Waals surface area contributed by atoms with Crippen LogP contribution in [0.15, 0.2) is 78.9 Å². The van der Waals surface area contributed by atoms with Gasteiger partial charge in [-0.15, -0.1) is 0 Å². The van der Waals surface area contributed by atoms with Crippen molar-refractivity contribution in [2.24, 2.45) is 0 Å². The third-order valence-corrected chi connectivity index (χ3v) is 4.40. The largest absolute Gasteiger partial charge is 0.248 e. The lowest BCUT2D eigenvalue weighted by molar-refractivity contribution is 1.29. The molecule has 0 aliphatic rings. The molecular weight excluding hydrogens is 338 g/mol. The Bertz CT molecular complexity index is 943. The first-order chi connectivity index (χ1) is 13.6. The predicted octanol–water partition coefficient (Wildman–Crippen LogP) is 8.04. The van der Waals surface area contributed by atoms with E-state index in [1.807, 2.05) is 26.8 Å². The first kappa shape index (κ1) is 21.4. The zero-order valence-corrected chi connectivity index (χ0v) is 18.0. The fourth-order valence-corrected chi connectivity index (χ4v) is 3.26. The monoisotopic (exact) mass is 369 g/mol. The number of allylic oxidation sites excluding steroid dienone is 4. The highest BCUT2D eigenvalue weighted by Crippen LogP contribution is 2.29. The molecule has 1 nitrogen and oxygen atoms in total. The Balaban J connectivity index is 0.00000136. The second-order valence-electron chi connectivity index (χ2n) is 6.61. The van der Waals surface area contributed by atoms with E-state index in [0.717, 1.165) is 22.5 Å². The van der Waals surface area contributed by atoms with Crippen LogP contribution in [0.25, 0.3) is 28.1 Å². The lowest BCUT2D eigenvalue weighted by Gasteiger charge is -2.12. The normalized spacial score (nSPS) is 11.3. The van der Waals surface area contributed by atoms with Gasteiger partial charge in [-0.25, -0.2) is 4.98 Å². The lowest BCUT2D eigenvalue weighted by atomic mass is 9.98. The standard InChI is InChI=1S/C25H25N.C2H6/c1-5-10-20(6-2)22-16-24(21-11-8-7-9-12-21)26-25(17-22)23-14-18(3)13-19(4)15-23;1-2/h5-17H,1-4H3;1-2H3/b10-5-,20-6+;. The van der Waals surface area contributed by atoms with E-state index in [0.29, 0.717) is 0 Å². The molecule has 0 bridgehead atoms. The first-order valence-corrected chi connectivity index (χ1v) is 10.1. The van der Waals surface area contributed by atoms with Crippen LogP contribution in [0.4, 0.5) is 0 Å². The van der Waals surface area contributed by atoms with Crippen molar-refractivity contribution in [1.29, 1.82) is 0 Å². The summed E-state index contributed by atoms with van der Waals surface area (Å²) in [6.07, 6.45) is 6.37. The minimum Gasteiger partial charge on any atom is -0.248 e. The summed E-state index contributed by atoms with van der Waals surface area (Å²) in [4.78, 5) is 4.98. The minimum atomic E-state index is 1.00. The van der Waals surface area contributed by atoms with Gasteiger partial charge in [-0.2, -0.15) is 0 Å². The molecule has 0 N–H and O–H groups in total. The fourth-order valence-electron chi connectivity index (χ4n) is 3.26. The van der Waals surface area contributed by atoms with Crippen LogP contribution in [0.3, 0.4) is 0 Å². The smallest absolute Gasteiger partial charge is 0.0715 e. The van der Waals surface area contributed by atoms with Crippen molar-refractivity contribution >= 4 is 5.57 Å². The molecule has 1 heteroatoms. The van der Waals surface area contributed by atoms with Crippen LogP contribution in [0, 0.1) is 13.8 Å². The molecule has 0 aliphatic heterocycles. The van der Waals surface area contributed by atoms with Gasteiger partial charge in [0.1, 0.15) is 0 Å². The molecule has 0 amide bonds. The average molecular weight is 370 g/mol. The molecule has 3 aromatic rings. The Labute approximate surface area is 170 Å². The van der Waals surface area contributed by atoms with Gasteiger partial charge >= 0.3 is 0 Å². The molecule has 0 unspecified atom stereocenters. The molecule has 0 aliphatic carbocycles. The van der Waals surface area contributed by atoms with Crippen LogP contribution in [-0.2, 0) is 0 Å². The predicted molar refractivity (Wildman–Crippen MR) is 124 cm³/mol. The van der Waals surface area contributed by atoms with Gasteiger partial charge in [0.2, 0.25) is 0 Å². The van der Waals surface area contributed by atoms with Gasteiger partial charge < -0.3 is 0 Å². The summed E-state index contributed by atoms with van der Waals surface area (Å²) in [6.45, 7) is 12.4. The number of hydrogen-bond donors (Lipinski definition) is 0. The highest BCUT2D eigenvalue weighted by Gasteiger charge is 2.09. The Morgan fingerprint density at radius 3 is 1.86 bits per heavy atom. The van der Waals surface area contributed by atoms with E-state index >= 15 is 0 Å². The highest BCUT2D eigenvalue weighted by molar-refractivity contribution is 5.80. The van der Waals surface area contributed by atoms with Gasteiger partial charge in [0, 0.05) is 11.1 Å². The van der Waals surface area contributed by atoms with Crippen LogP contribution in [-0.4, -0.2) is 4.98 Å². The van der Waals surface area contributed by atoms with E-state index in [9.17, 15) is 0 Å². The molecule has 2 aromatic carbocycles. The van der Waals surface area contributed by atoms with Gasteiger partial charge in [-0.1, -0.05) is 79.6 Å². The third kappa shape index (κ3) is 5.29. The molecule has 0 saturated heterocycles. The number of aryl methyl sites for hydroxylation is 2. The van der Waals surface area contributed by atoms with Crippen LogP contribution >= 0.6 is 0 Å². The number of nitrogens with zero attached hydrogens (tertiary/aromatic N) is 1. The second kappa shape index (κ2) is 10.4. The molecular formula is C27H31N. The van der Waals surface area contributed by atoms with Gasteiger partial charge in [0.15, 0.2) is 0 Å². The van der Waals surface area contributed by atoms with E-state index in [1.165, 1.54) is 22.3 Å². The van der Waals surface area contributed by atoms with Crippen molar-refractivity contribution in [3.05, 3.63) is 95.6 Å². The highest BCUT2D eigenvalue weighted by atomic mass is 14.7. The van der Waals surface area contributed by atoms with Crippen LogP contribution in [0.2, 0.25) is 0 Å². The number of aromatic nitrogens is 1. The second-order valence-corrected chi connectivity index (χ2v) is 6.61. The average Bonchev–Trinajstić information content (AvgIpc) is 2.73. The molecule has 1 heterocycles. The number of rotatable bonds is 4. The first-order valence-electron chi connectivity index (χ1n) is 10.1. The van der Waals surface area contributed by atoms with Crippen LogP contribution < -0.4 is 0 Å². The van der Waals surface area contributed by atoms with Crippen LogP contribution in [0.1, 0.15) is 44.4 Å². The van der Waals surface area contributed by atoms with Gasteiger partial charge in [0.05, 0.1) is 11.4 Å². The van der Waals surface area contributed by atoms with Crippen molar-refractivity contribution in [2.75, 3.05) is 0 Å². The molecule has 1 aromatic heterocycles. The molecule has 0 fully saturated rings. The van der Waals surface area contributed by atoms with Crippen molar-refractivity contribution in [3.8, 4) is 22.5 Å². The summed E-state index contributed by atoms with van der Waals surface area (Å²) < 4.78 is 0. The van der Waals surface area contributed by atoms with Crippen molar-refractivity contribution in [2.45, 2.75) is 41.5 Å². The van der Waals surface area contributed by atoms with E-state index in [1.54, 1.807) is 0 Å². The molecule has 0 atom stereocenters. The Morgan fingerprint density at radius 1 is 0.750 bits per heavy atom. The van der Waals surface area contributed by atoms with Crippen LogP contribution in [0.5, 0.6) is 0 Å². The number of benzene rings is 2. The summed E-state index contributed by atoms with van der Waals surface area (Å²) in [6, 6.07) is 21.4. The number of hydrogen-bond acceptors (Lipinski definition) is 1. The van der Waals surface area contributed by atoms with Gasteiger partial charge in [0.25, 0.3) is 0 Å². The molecule has 0 saturated carbocycles. The third-order valence-electron chi connectivity index (χ3n) is 4.40. The SMILES string of the molecule is C/C=C\C(=C/C)c1cc(-c2ccccc2)nc(-c2cc(C)cc(C)c2)c1.CC. The lowest BCUT2D eigenvalue weighted by Crippen LogP contribution is -1.93. The Kier molecular flexibility index (Phi) is 7.95. The maximum Gasteiger partial charge on any atom is 0.0715 e. The summed E-state index contributed by atoms with van der Waals surface area (Å²) in [7, 11) is 0. The van der Waals surface area contributed by atoms with E-state index in [4.69, 9.17) is 4.98 Å². The van der Waals surface area contributed by atoms with Crippen molar-refractivity contribution in [3.63, 3.8) is 0 Å². The quantitative estimate of drug-likeness (QED) is 0.424.